The zero-order valence-corrected chi connectivity index (χ0v) is 21.4. The van der Waals surface area contributed by atoms with Gasteiger partial charge in [0.05, 0.1) is 18.8 Å². The molecule has 0 amide bonds. The standard InChI is InChI=1S/C27H34F8O3/c1-3-4-5-14-12-36-25(37-13-14)26(2)7-6-16(20(31)11-26)15-8-17(28)22(18(29)9-15)27(34,35)38-21-10-19(30)23(32)24(21)33/h8,10,14,16,18,20-21,23-25H,3-7,9,11-13H2,1-2H3/t14?,16?,18?,20?,21?,23?,24-,25?,26?/m0/s1. The first kappa shape index (κ1) is 29.5. The third kappa shape index (κ3) is 5.99. The van der Waals surface area contributed by atoms with E-state index >= 15 is 4.39 Å². The molecule has 3 aliphatic carbocycles. The van der Waals surface area contributed by atoms with E-state index < -0.39 is 78.2 Å². The molecular formula is C27H34F8O3. The van der Waals surface area contributed by atoms with E-state index in [0.29, 0.717) is 25.7 Å². The Morgan fingerprint density at radius 3 is 2.34 bits per heavy atom. The highest BCUT2D eigenvalue weighted by Crippen LogP contribution is 2.50. The number of rotatable bonds is 8. The summed E-state index contributed by atoms with van der Waals surface area (Å²) in [7, 11) is 0. The zero-order chi connectivity index (χ0) is 27.8. The summed E-state index contributed by atoms with van der Waals surface area (Å²) in [5.41, 5.74) is -2.35. The van der Waals surface area contributed by atoms with Crippen LogP contribution in [-0.2, 0) is 14.2 Å². The van der Waals surface area contributed by atoms with Gasteiger partial charge in [-0.25, -0.2) is 26.3 Å². The second kappa shape index (κ2) is 11.6. The van der Waals surface area contributed by atoms with E-state index in [1.54, 1.807) is 0 Å². The Morgan fingerprint density at radius 2 is 1.79 bits per heavy atom. The molecule has 0 bridgehead atoms. The summed E-state index contributed by atoms with van der Waals surface area (Å²) in [4.78, 5) is 0. The normalized spacial score (nSPS) is 40.8. The molecule has 38 heavy (non-hydrogen) atoms. The van der Waals surface area contributed by atoms with E-state index in [1.807, 2.05) is 6.92 Å². The van der Waals surface area contributed by atoms with Gasteiger partial charge in [-0.2, -0.15) is 8.78 Å². The predicted octanol–water partition coefficient (Wildman–Crippen LogP) is 7.72. The molecule has 0 N–H and O–H groups in total. The quantitative estimate of drug-likeness (QED) is 0.286. The maximum atomic E-state index is 15.4. The summed E-state index contributed by atoms with van der Waals surface area (Å²) in [6, 6.07) is 0. The highest BCUT2D eigenvalue weighted by Gasteiger charge is 2.52. The first-order chi connectivity index (χ1) is 17.9. The highest BCUT2D eigenvalue weighted by molar-refractivity contribution is 5.37. The number of halogens is 8. The molecule has 7 atom stereocenters. The smallest absolute Gasteiger partial charge is 0.352 e. The average Bonchev–Trinajstić information content (AvgIpc) is 3.08. The Balaban J connectivity index is 1.41. The maximum absolute atomic E-state index is 15.4. The maximum Gasteiger partial charge on any atom is 0.385 e. The van der Waals surface area contributed by atoms with Crippen LogP contribution in [0.3, 0.4) is 0 Å². The van der Waals surface area contributed by atoms with Crippen LogP contribution < -0.4 is 0 Å². The molecule has 1 saturated heterocycles. The molecule has 0 aromatic rings. The van der Waals surface area contributed by atoms with E-state index in [4.69, 9.17) is 9.47 Å². The number of allylic oxidation sites excluding steroid dienone is 4. The number of alkyl halides is 6. The Morgan fingerprint density at radius 1 is 1.11 bits per heavy atom. The molecule has 2 fully saturated rings. The van der Waals surface area contributed by atoms with Crippen molar-refractivity contribution in [1.82, 2.24) is 0 Å². The van der Waals surface area contributed by atoms with E-state index in [0.717, 1.165) is 19.3 Å². The minimum Gasteiger partial charge on any atom is -0.352 e. The van der Waals surface area contributed by atoms with Gasteiger partial charge in [0.2, 0.25) is 0 Å². The van der Waals surface area contributed by atoms with Gasteiger partial charge in [0, 0.05) is 23.7 Å². The lowest BCUT2D eigenvalue weighted by Gasteiger charge is -2.46. The van der Waals surface area contributed by atoms with Crippen molar-refractivity contribution in [3.8, 4) is 0 Å². The molecule has 0 radical (unpaired) electrons. The summed E-state index contributed by atoms with van der Waals surface area (Å²) in [5.74, 6) is -3.91. The van der Waals surface area contributed by atoms with Crippen LogP contribution in [0.1, 0.15) is 58.8 Å². The number of unbranched alkanes of at least 4 members (excludes halogenated alkanes) is 1. The topological polar surface area (TPSA) is 27.7 Å². The van der Waals surface area contributed by atoms with Gasteiger partial charge in [0.25, 0.3) is 0 Å². The van der Waals surface area contributed by atoms with Crippen molar-refractivity contribution in [2.75, 3.05) is 13.2 Å². The summed E-state index contributed by atoms with van der Waals surface area (Å²) in [6.45, 7) is 4.98. The van der Waals surface area contributed by atoms with E-state index in [-0.39, 0.29) is 30.4 Å². The summed E-state index contributed by atoms with van der Waals surface area (Å²) < 4.78 is 131. The van der Waals surface area contributed by atoms with Crippen LogP contribution in [0.4, 0.5) is 35.1 Å². The van der Waals surface area contributed by atoms with Crippen LogP contribution in [0.15, 0.2) is 35.0 Å². The lowest BCUT2D eigenvalue weighted by atomic mass is 9.67. The minimum atomic E-state index is -4.67. The Bertz CT molecular complexity index is 945. The van der Waals surface area contributed by atoms with Gasteiger partial charge in [-0.3, -0.25) is 0 Å². The molecule has 216 valence electrons. The van der Waals surface area contributed by atoms with Crippen molar-refractivity contribution >= 4 is 0 Å². The predicted molar refractivity (Wildman–Crippen MR) is 124 cm³/mol. The molecule has 6 unspecified atom stereocenters. The molecule has 1 saturated carbocycles. The number of hydrogen-bond donors (Lipinski definition) is 0. The van der Waals surface area contributed by atoms with Crippen LogP contribution in [0.5, 0.6) is 0 Å². The average molecular weight is 559 g/mol. The lowest BCUT2D eigenvalue weighted by molar-refractivity contribution is -0.260. The van der Waals surface area contributed by atoms with Gasteiger partial charge >= 0.3 is 6.11 Å². The summed E-state index contributed by atoms with van der Waals surface area (Å²) >= 11 is 0. The third-order valence-electron chi connectivity index (χ3n) is 8.18. The fraction of sp³-hybridized carbons (Fsp3) is 0.778. The van der Waals surface area contributed by atoms with Crippen molar-refractivity contribution in [3.05, 3.63) is 35.0 Å². The molecule has 0 aromatic carbocycles. The van der Waals surface area contributed by atoms with Crippen molar-refractivity contribution in [1.29, 1.82) is 0 Å². The van der Waals surface area contributed by atoms with Crippen molar-refractivity contribution in [2.45, 2.75) is 102 Å². The molecule has 4 aliphatic rings. The van der Waals surface area contributed by atoms with Crippen molar-refractivity contribution < 1.29 is 49.3 Å². The first-order valence-corrected chi connectivity index (χ1v) is 13.2. The molecule has 1 heterocycles. The molecule has 0 spiro atoms. The monoisotopic (exact) mass is 558 g/mol. The lowest BCUT2D eigenvalue weighted by Crippen LogP contribution is -2.48. The second-order valence-corrected chi connectivity index (χ2v) is 11.2. The van der Waals surface area contributed by atoms with E-state index in [1.165, 1.54) is 0 Å². The Labute approximate surface area is 217 Å². The second-order valence-electron chi connectivity index (χ2n) is 11.2. The zero-order valence-electron chi connectivity index (χ0n) is 21.4. The fourth-order valence-corrected chi connectivity index (χ4v) is 5.92. The van der Waals surface area contributed by atoms with Crippen LogP contribution in [0.25, 0.3) is 0 Å². The Hall–Kier alpha value is -1.46. The van der Waals surface area contributed by atoms with Gasteiger partial charge in [-0.1, -0.05) is 32.3 Å². The SMILES string of the molecule is CCCCC1COC(C2(C)CCC(C3=CC(F)=C(C(F)(F)OC4C=C(F)C(F)[C@H]4F)C(F)C3)C(F)C2)OC1. The Kier molecular flexibility index (Phi) is 8.99. The third-order valence-corrected chi connectivity index (χ3v) is 8.18. The molecule has 1 aliphatic heterocycles. The van der Waals surface area contributed by atoms with Gasteiger partial charge in [-0.05, 0) is 37.8 Å². The van der Waals surface area contributed by atoms with Crippen LogP contribution in [0.2, 0.25) is 0 Å². The van der Waals surface area contributed by atoms with E-state index in [9.17, 15) is 30.7 Å². The molecule has 11 heteroatoms. The van der Waals surface area contributed by atoms with Crippen LogP contribution in [0, 0.1) is 17.3 Å². The van der Waals surface area contributed by atoms with E-state index in [2.05, 4.69) is 11.7 Å². The summed E-state index contributed by atoms with van der Waals surface area (Å²) in [6.07, 6.45) is -13.4. The van der Waals surface area contributed by atoms with Crippen LogP contribution >= 0.6 is 0 Å². The fourth-order valence-electron chi connectivity index (χ4n) is 5.92. The largest absolute Gasteiger partial charge is 0.385 e. The number of ether oxygens (including phenoxy) is 3. The molecule has 3 nitrogen and oxygen atoms in total. The minimum absolute atomic E-state index is 0.00760. The highest BCUT2D eigenvalue weighted by atomic mass is 19.3. The number of hydrogen-bond acceptors (Lipinski definition) is 3. The van der Waals surface area contributed by atoms with Crippen molar-refractivity contribution in [2.24, 2.45) is 17.3 Å². The van der Waals surface area contributed by atoms with Crippen LogP contribution in [-0.4, -0.2) is 56.4 Å². The molecule has 4 rings (SSSR count). The molecular weight excluding hydrogens is 524 g/mol. The molecule has 0 aromatic heterocycles. The first-order valence-electron chi connectivity index (χ1n) is 13.2. The van der Waals surface area contributed by atoms with Gasteiger partial charge in [0.1, 0.15) is 30.1 Å². The summed E-state index contributed by atoms with van der Waals surface area (Å²) in [5, 5.41) is 0. The van der Waals surface area contributed by atoms with Crippen molar-refractivity contribution in [3.63, 3.8) is 0 Å². The van der Waals surface area contributed by atoms with Gasteiger partial charge in [-0.15, -0.1) is 0 Å². The van der Waals surface area contributed by atoms with Gasteiger partial charge in [0.15, 0.2) is 18.6 Å². The van der Waals surface area contributed by atoms with Gasteiger partial charge < -0.3 is 14.2 Å².